The highest BCUT2D eigenvalue weighted by Crippen LogP contribution is 2.27. The fraction of sp³-hybridized carbons (Fsp3) is 0.421. The normalized spacial score (nSPS) is 19.8. The molecule has 3 rings (SSSR count). The van der Waals surface area contributed by atoms with E-state index in [2.05, 4.69) is 9.97 Å². The first kappa shape index (κ1) is 18.1. The molecule has 0 spiro atoms. The van der Waals surface area contributed by atoms with Crippen molar-refractivity contribution in [3.8, 4) is 5.88 Å². The minimum absolute atomic E-state index is 0.0105. The molecular formula is C19H25N5O2. The van der Waals surface area contributed by atoms with Crippen molar-refractivity contribution in [2.75, 3.05) is 23.7 Å². The first-order valence-electron chi connectivity index (χ1n) is 8.70. The van der Waals surface area contributed by atoms with E-state index in [0.717, 1.165) is 12.4 Å². The molecule has 2 aromatic rings. The van der Waals surface area contributed by atoms with Gasteiger partial charge in [-0.1, -0.05) is 0 Å². The molecule has 138 valence electrons. The van der Waals surface area contributed by atoms with Gasteiger partial charge in [0.05, 0.1) is 29.3 Å². The molecule has 26 heavy (non-hydrogen) atoms. The van der Waals surface area contributed by atoms with Crippen LogP contribution < -0.4 is 15.4 Å². The predicted octanol–water partition coefficient (Wildman–Crippen LogP) is 2.22. The van der Waals surface area contributed by atoms with Crippen LogP contribution >= 0.6 is 0 Å². The highest BCUT2D eigenvalue weighted by Gasteiger charge is 2.32. The molecule has 0 radical (unpaired) electrons. The summed E-state index contributed by atoms with van der Waals surface area (Å²) in [6, 6.07) is 5.33. The average Bonchev–Trinajstić information content (AvgIpc) is 2.96. The number of anilines is 2. The van der Waals surface area contributed by atoms with E-state index in [-0.39, 0.29) is 11.8 Å². The van der Waals surface area contributed by atoms with Gasteiger partial charge in [-0.3, -0.25) is 5.41 Å². The molecule has 0 aliphatic carbocycles. The Labute approximate surface area is 153 Å². The van der Waals surface area contributed by atoms with Crippen molar-refractivity contribution in [1.82, 2.24) is 9.97 Å². The summed E-state index contributed by atoms with van der Waals surface area (Å²) in [7, 11) is 0. The van der Waals surface area contributed by atoms with Crippen LogP contribution in [0.5, 0.6) is 5.88 Å². The maximum atomic E-state index is 10.2. The van der Waals surface area contributed by atoms with Gasteiger partial charge in [0.1, 0.15) is 5.82 Å². The van der Waals surface area contributed by atoms with Crippen LogP contribution in [0.2, 0.25) is 0 Å². The van der Waals surface area contributed by atoms with Crippen LogP contribution in [-0.2, 0) is 0 Å². The molecule has 2 aromatic heterocycles. The summed E-state index contributed by atoms with van der Waals surface area (Å²) in [5.41, 5.74) is 7.32. The number of hydrogen-bond acceptors (Lipinski definition) is 7. The number of nitrogen functional groups attached to an aromatic ring is 1. The van der Waals surface area contributed by atoms with Crippen molar-refractivity contribution in [3.05, 3.63) is 41.7 Å². The Morgan fingerprint density at radius 3 is 2.81 bits per heavy atom. The smallest absolute Gasteiger partial charge is 0.214 e. The molecule has 0 amide bonds. The lowest BCUT2D eigenvalue weighted by Crippen LogP contribution is -2.30. The van der Waals surface area contributed by atoms with Gasteiger partial charge in [0.2, 0.25) is 5.88 Å². The Balaban J connectivity index is 1.88. The fourth-order valence-corrected chi connectivity index (χ4v) is 3.01. The summed E-state index contributed by atoms with van der Waals surface area (Å²) in [5, 5.41) is 18.7. The third-order valence-electron chi connectivity index (χ3n) is 4.35. The summed E-state index contributed by atoms with van der Waals surface area (Å²) in [6.07, 6.45) is 3.88. The second-order valence-electron chi connectivity index (χ2n) is 7.22. The van der Waals surface area contributed by atoms with E-state index in [4.69, 9.17) is 15.9 Å². The number of pyridine rings is 2. The first-order chi connectivity index (χ1) is 12.2. The van der Waals surface area contributed by atoms with Crippen molar-refractivity contribution in [2.45, 2.75) is 38.9 Å². The second-order valence-corrected chi connectivity index (χ2v) is 7.22. The van der Waals surface area contributed by atoms with E-state index in [9.17, 15) is 5.11 Å². The molecule has 0 bridgehead atoms. The molecule has 0 saturated carbocycles. The summed E-state index contributed by atoms with van der Waals surface area (Å²) in [5.74, 6) is 1.19. The number of ether oxygens (including phenoxy) is 1. The third-order valence-corrected chi connectivity index (χ3v) is 4.35. The Bertz CT molecular complexity index is 819. The van der Waals surface area contributed by atoms with E-state index < -0.39 is 5.60 Å². The Morgan fingerprint density at radius 2 is 2.15 bits per heavy atom. The standard InChI is InChI=1S/C19H25N5O2/c1-12(2)26-17-9-14(15(20)10-23-17)18(21)13-4-6-22-16(8-13)24-7-5-19(3,25)11-24/h4,6,8-10,12,21,25H,5,7,11,20H2,1-3H3. The van der Waals surface area contributed by atoms with E-state index in [1.54, 1.807) is 18.3 Å². The molecule has 1 fully saturated rings. The van der Waals surface area contributed by atoms with Crippen molar-refractivity contribution >= 4 is 17.2 Å². The van der Waals surface area contributed by atoms with Gasteiger partial charge in [-0.25, -0.2) is 9.97 Å². The highest BCUT2D eigenvalue weighted by atomic mass is 16.5. The molecule has 7 nitrogen and oxygen atoms in total. The van der Waals surface area contributed by atoms with Crippen molar-refractivity contribution in [2.24, 2.45) is 0 Å². The number of nitrogens with one attached hydrogen (secondary N) is 1. The maximum absolute atomic E-state index is 10.2. The average molecular weight is 355 g/mol. The maximum Gasteiger partial charge on any atom is 0.214 e. The van der Waals surface area contributed by atoms with Gasteiger partial charge in [-0.2, -0.15) is 0 Å². The molecule has 1 saturated heterocycles. The monoisotopic (exact) mass is 355 g/mol. The Kier molecular flexibility index (Phi) is 4.82. The van der Waals surface area contributed by atoms with Gasteiger partial charge in [-0.15, -0.1) is 0 Å². The predicted molar refractivity (Wildman–Crippen MR) is 102 cm³/mol. The van der Waals surface area contributed by atoms with Crippen LogP contribution in [0, 0.1) is 5.41 Å². The topological polar surface area (TPSA) is 108 Å². The zero-order chi connectivity index (χ0) is 18.9. The van der Waals surface area contributed by atoms with Gasteiger partial charge in [-0.05, 0) is 39.3 Å². The number of aromatic nitrogens is 2. The molecule has 4 N–H and O–H groups in total. The van der Waals surface area contributed by atoms with Crippen LogP contribution in [0.3, 0.4) is 0 Å². The zero-order valence-electron chi connectivity index (χ0n) is 15.4. The summed E-state index contributed by atoms with van der Waals surface area (Å²) >= 11 is 0. The first-order valence-corrected chi connectivity index (χ1v) is 8.70. The van der Waals surface area contributed by atoms with Gasteiger partial charge >= 0.3 is 0 Å². The van der Waals surface area contributed by atoms with E-state index in [1.807, 2.05) is 31.7 Å². The zero-order valence-corrected chi connectivity index (χ0v) is 15.4. The molecular weight excluding hydrogens is 330 g/mol. The molecule has 1 atom stereocenters. The summed E-state index contributed by atoms with van der Waals surface area (Å²) in [4.78, 5) is 10.6. The third kappa shape index (κ3) is 3.94. The number of β-amino-alcohol motifs (C(OH)–C–C–N with tert-alkyl or cyclic N) is 1. The molecule has 1 aliphatic rings. The minimum atomic E-state index is -0.705. The molecule has 0 aromatic carbocycles. The SMILES string of the molecule is CC(C)Oc1cc(C(=N)c2ccnc(N3CCC(C)(O)C3)c2)c(N)cn1. The lowest BCUT2D eigenvalue weighted by molar-refractivity contribution is 0.0839. The lowest BCUT2D eigenvalue weighted by atomic mass is 10.0. The minimum Gasteiger partial charge on any atom is -0.475 e. The largest absolute Gasteiger partial charge is 0.475 e. The van der Waals surface area contributed by atoms with Crippen LogP contribution in [0.15, 0.2) is 30.6 Å². The van der Waals surface area contributed by atoms with Crippen LogP contribution in [0.1, 0.15) is 38.3 Å². The second kappa shape index (κ2) is 6.92. The number of aliphatic hydroxyl groups is 1. The van der Waals surface area contributed by atoms with Gasteiger partial charge in [0.15, 0.2) is 0 Å². The summed E-state index contributed by atoms with van der Waals surface area (Å²) < 4.78 is 5.61. The van der Waals surface area contributed by atoms with Crippen molar-refractivity contribution < 1.29 is 9.84 Å². The fourth-order valence-electron chi connectivity index (χ4n) is 3.01. The van der Waals surface area contributed by atoms with Crippen molar-refractivity contribution in [1.29, 1.82) is 5.41 Å². The quantitative estimate of drug-likeness (QED) is 0.710. The van der Waals surface area contributed by atoms with Gasteiger partial charge in [0, 0.05) is 36.5 Å². The van der Waals surface area contributed by atoms with Gasteiger partial charge in [0.25, 0.3) is 0 Å². The molecule has 1 unspecified atom stereocenters. The lowest BCUT2D eigenvalue weighted by Gasteiger charge is -2.20. The van der Waals surface area contributed by atoms with E-state index >= 15 is 0 Å². The van der Waals surface area contributed by atoms with Crippen LogP contribution in [0.25, 0.3) is 0 Å². The highest BCUT2D eigenvalue weighted by molar-refractivity contribution is 6.14. The molecule has 1 aliphatic heterocycles. The number of nitrogens with two attached hydrogens (primary N) is 1. The Morgan fingerprint density at radius 1 is 1.38 bits per heavy atom. The number of nitrogens with zero attached hydrogens (tertiary/aromatic N) is 3. The Hall–Kier alpha value is -2.67. The van der Waals surface area contributed by atoms with Gasteiger partial charge < -0.3 is 20.5 Å². The van der Waals surface area contributed by atoms with Crippen LogP contribution in [0.4, 0.5) is 11.5 Å². The number of rotatable bonds is 5. The van der Waals surface area contributed by atoms with Crippen molar-refractivity contribution in [3.63, 3.8) is 0 Å². The van der Waals surface area contributed by atoms with E-state index in [0.29, 0.717) is 35.7 Å². The van der Waals surface area contributed by atoms with Crippen LogP contribution in [-0.4, -0.2) is 45.6 Å². The number of hydrogen-bond donors (Lipinski definition) is 3. The summed E-state index contributed by atoms with van der Waals surface area (Å²) in [6.45, 7) is 6.93. The molecule has 7 heteroatoms. The molecule has 3 heterocycles. The van der Waals surface area contributed by atoms with E-state index in [1.165, 1.54) is 6.20 Å².